The third kappa shape index (κ3) is 8.54. The van der Waals surface area contributed by atoms with E-state index in [4.69, 9.17) is 4.98 Å². The molecule has 4 nitrogen and oxygen atoms in total. The predicted octanol–water partition coefficient (Wildman–Crippen LogP) is 20.1. The number of pyridine rings is 1. The zero-order valence-electron chi connectivity index (χ0n) is 45.0. The number of hydrogen-bond donors (Lipinski definition) is 0. The largest absolute Gasteiger partial charge is 0.308 e. The Labute approximate surface area is 466 Å². The van der Waals surface area contributed by atoms with Gasteiger partial charge in [0.05, 0.1) is 44.8 Å². The Morgan fingerprint density at radius 3 is 0.863 bits per heavy atom. The van der Waals surface area contributed by atoms with Gasteiger partial charge in [-0.25, -0.2) is 4.98 Å². The van der Waals surface area contributed by atoms with Crippen LogP contribution in [0.5, 0.6) is 0 Å². The molecule has 0 bridgehead atoms. The lowest BCUT2D eigenvalue weighted by Crippen LogP contribution is -2.05. The number of aryl methyl sites for hydroxylation is 4. The summed E-state index contributed by atoms with van der Waals surface area (Å²) in [6.07, 6.45) is 0. The van der Waals surface area contributed by atoms with Crippen molar-refractivity contribution in [3.05, 3.63) is 283 Å². The minimum absolute atomic E-state index is 0.558. The molecule has 0 N–H and O–H groups in total. The van der Waals surface area contributed by atoms with Gasteiger partial charge in [-0.05, 0) is 156 Å². The molecule has 0 fully saturated rings. The summed E-state index contributed by atoms with van der Waals surface area (Å²) in [4.78, 5) is 5.33. The third-order valence-corrected chi connectivity index (χ3v) is 15.9. The van der Waals surface area contributed by atoms with E-state index < -0.39 is 0 Å². The van der Waals surface area contributed by atoms with Gasteiger partial charge in [0.25, 0.3) is 0 Å². The minimum Gasteiger partial charge on any atom is -0.308 e. The van der Waals surface area contributed by atoms with E-state index in [0.717, 1.165) is 133 Å². The van der Waals surface area contributed by atoms with Crippen LogP contribution < -0.4 is 0 Å². The van der Waals surface area contributed by atoms with Crippen molar-refractivity contribution in [2.45, 2.75) is 27.7 Å². The van der Waals surface area contributed by atoms with Crippen molar-refractivity contribution in [1.29, 1.82) is 5.26 Å². The Morgan fingerprint density at radius 1 is 0.275 bits per heavy atom. The van der Waals surface area contributed by atoms with Crippen LogP contribution in [0.2, 0.25) is 0 Å². The molecular weight excluding hydrogens is 969 g/mol. The summed E-state index contributed by atoms with van der Waals surface area (Å²) in [5, 5.41) is 16.5. The van der Waals surface area contributed by atoms with E-state index in [9.17, 15) is 5.26 Å². The zero-order valence-corrected chi connectivity index (χ0v) is 45.0. The van der Waals surface area contributed by atoms with Crippen LogP contribution >= 0.6 is 0 Å². The molecule has 14 aromatic rings. The molecule has 0 unspecified atom stereocenters. The molecule has 0 radical (unpaired) electrons. The first-order chi connectivity index (χ1) is 39.2. The van der Waals surface area contributed by atoms with E-state index in [0.29, 0.717) is 5.56 Å². The van der Waals surface area contributed by atoms with E-state index in [-0.39, 0.29) is 0 Å². The molecule has 3 heterocycles. The fourth-order valence-electron chi connectivity index (χ4n) is 12.0. The molecule has 11 aromatic carbocycles. The summed E-state index contributed by atoms with van der Waals surface area (Å²) in [7, 11) is 0. The van der Waals surface area contributed by atoms with E-state index in [1.165, 1.54) is 22.3 Å². The molecule has 0 saturated carbocycles. The summed E-state index contributed by atoms with van der Waals surface area (Å²) in [6, 6.07) is 94.8. The van der Waals surface area contributed by atoms with Gasteiger partial charge < -0.3 is 9.13 Å². The van der Waals surface area contributed by atoms with Crippen LogP contribution in [0.15, 0.2) is 255 Å². The average Bonchev–Trinajstić information content (AvgIpc) is 4.02. The maximum Gasteiger partial charge on any atom is 0.104 e. The maximum atomic E-state index is 12.1. The number of fused-ring (bicyclic) bond motifs is 6. The Morgan fingerprint density at radius 2 is 0.562 bits per heavy atom. The smallest absolute Gasteiger partial charge is 0.104 e. The van der Waals surface area contributed by atoms with Gasteiger partial charge in [0.2, 0.25) is 0 Å². The molecule has 0 saturated heterocycles. The highest BCUT2D eigenvalue weighted by Gasteiger charge is 2.25. The van der Waals surface area contributed by atoms with Crippen molar-refractivity contribution in [2.75, 3.05) is 0 Å². The SMILES string of the molecule is Cc1cccc(-c2ccc3c(c2)c2cc(-c4cccc(C)c4)ccc2n3-c2cc(-c3cc(-c4ccccc4)nc(-c4ccccc4)c3)cc(-n3c4ccc(-c5cccc(C)c5)cc4c4cc(-c5cccc(C)c5)ccc43)c2C#N)c1. The maximum absolute atomic E-state index is 12.1. The molecule has 3 aromatic heterocycles. The van der Waals surface area contributed by atoms with E-state index in [1.807, 2.05) is 12.1 Å². The Hall–Kier alpha value is -10.3. The van der Waals surface area contributed by atoms with Crippen LogP contribution in [0.4, 0.5) is 0 Å². The van der Waals surface area contributed by atoms with Crippen molar-refractivity contribution in [3.63, 3.8) is 0 Å². The van der Waals surface area contributed by atoms with Gasteiger partial charge in [0.15, 0.2) is 0 Å². The van der Waals surface area contributed by atoms with Crippen LogP contribution in [0.1, 0.15) is 27.8 Å². The van der Waals surface area contributed by atoms with E-state index in [2.05, 4.69) is 286 Å². The third-order valence-electron chi connectivity index (χ3n) is 15.9. The Bertz CT molecular complexity index is 4320. The Kier molecular flexibility index (Phi) is 11.8. The molecule has 0 aliphatic rings. The predicted molar refractivity (Wildman–Crippen MR) is 335 cm³/mol. The Balaban J connectivity index is 1.11. The number of nitriles is 1. The number of aromatic nitrogens is 3. The van der Waals surface area contributed by atoms with Crippen molar-refractivity contribution >= 4 is 43.6 Å². The first-order valence-electron chi connectivity index (χ1n) is 27.4. The fourth-order valence-corrected chi connectivity index (χ4v) is 12.0. The molecule has 0 aliphatic carbocycles. The second-order valence-electron chi connectivity index (χ2n) is 21.4. The second kappa shape index (κ2) is 19.6. The molecule has 378 valence electrons. The molecular formula is C76H54N4. The van der Waals surface area contributed by atoms with Gasteiger partial charge in [0.1, 0.15) is 11.6 Å². The average molecular weight is 1020 g/mol. The van der Waals surface area contributed by atoms with E-state index >= 15 is 0 Å². The van der Waals surface area contributed by atoms with Crippen LogP contribution in [-0.4, -0.2) is 14.1 Å². The zero-order chi connectivity index (χ0) is 54.0. The van der Waals surface area contributed by atoms with Crippen LogP contribution in [0.3, 0.4) is 0 Å². The van der Waals surface area contributed by atoms with Crippen molar-refractivity contribution in [1.82, 2.24) is 14.1 Å². The second-order valence-corrected chi connectivity index (χ2v) is 21.4. The van der Waals surface area contributed by atoms with Gasteiger partial charge >= 0.3 is 0 Å². The van der Waals surface area contributed by atoms with Gasteiger partial charge in [-0.3, -0.25) is 0 Å². The van der Waals surface area contributed by atoms with Crippen LogP contribution in [0.25, 0.3) is 133 Å². The number of benzene rings is 11. The highest BCUT2D eigenvalue weighted by molar-refractivity contribution is 6.14. The molecule has 0 amide bonds. The van der Waals surface area contributed by atoms with Crippen molar-refractivity contribution < 1.29 is 0 Å². The van der Waals surface area contributed by atoms with Crippen molar-refractivity contribution in [3.8, 4) is 95.6 Å². The van der Waals surface area contributed by atoms with Gasteiger partial charge in [-0.1, -0.05) is 204 Å². The van der Waals surface area contributed by atoms with Gasteiger partial charge in [-0.15, -0.1) is 0 Å². The van der Waals surface area contributed by atoms with Gasteiger partial charge in [-0.2, -0.15) is 5.26 Å². The molecule has 0 spiro atoms. The monoisotopic (exact) mass is 1020 g/mol. The van der Waals surface area contributed by atoms with Gasteiger partial charge in [0, 0.05) is 32.7 Å². The topological polar surface area (TPSA) is 46.5 Å². The number of nitrogens with zero attached hydrogens (tertiary/aromatic N) is 4. The number of rotatable bonds is 9. The summed E-state index contributed by atoms with van der Waals surface area (Å²) < 4.78 is 4.68. The quantitative estimate of drug-likeness (QED) is 0.145. The first-order valence-corrected chi connectivity index (χ1v) is 27.4. The normalized spacial score (nSPS) is 11.5. The molecule has 0 aliphatic heterocycles. The lowest BCUT2D eigenvalue weighted by Gasteiger charge is -2.19. The van der Waals surface area contributed by atoms with Crippen LogP contribution in [0, 0.1) is 39.0 Å². The lowest BCUT2D eigenvalue weighted by atomic mass is 9.97. The molecule has 14 rings (SSSR count). The minimum atomic E-state index is 0.558. The molecule has 4 heteroatoms. The van der Waals surface area contributed by atoms with Crippen LogP contribution in [-0.2, 0) is 0 Å². The van der Waals surface area contributed by atoms with E-state index in [1.54, 1.807) is 0 Å². The highest BCUT2D eigenvalue weighted by atomic mass is 15.0. The fraction of sp³-hybridized carbons (Fsp3) is 0.0526. The number of hydrogen-bond acceptors (Lipinski definition) is 2. The molecule has 0 atom stereocenters. The summed E-state index contributed by atoms with van der Waals surface area (Å²) in [5.41, 5.74) is 25.9. The summed E-state index contributed by atoms with van der Waals surface area (Å²) >= 11 is 0. The molecule has 80 heavy (non-hydrogen) atoms. The van der Waals surface area contributed by atoms with Crippen molar-refractivity contribution in [2.24, 2.45) is 0 Å². The highest BCUT2D eigenvalue weighted by Crippen LogP contribution is 2.44. The summed E-state index contributed by atoms with van der Waals surface area (Å²) in [5.74, 6) is 0. The lowest BCUT2D eigenvalue weighted by molar-refractivity contribution is 1.12. The summed E-state index contributed by atoms with van der Waals surface area (Å²) in [6.45, 7) is 8.59. The standard InChI is InChI=1S/C76H54N4/c1-48-15-11-23-54(35-48)58-27-31-71-64(39-58)65-40-59(55-24-12-16-49(2)36-55)28-32-72(65)79(71)75-45-63(62-43-69(52-19-7-5-8-20-52)78-70(44-62)53-21-9-6-10-22-53)46-76(68(75)47-77)80-73-33-29-60(56-25-13-17-50(3)37-56)41-66(73)67-42-61(30-34-74(67)80)57-26-14-18-51(4)38-57/h5-46H,1-4H3. The first kappa shape index (κ1) is 48.1.